The molecule has 1 heterocycles. The SMILES string of the molecule is COc1ccc(S(=O)(=O)N(C)C)cc1CCC(=O)NCC1COc2ccccc2O1. The van der Waals surface area contributed by atoms with E-state index in [1.165, 1.54) is 27.3 Å². The van der Waals surface area contributed by atoms with E-state index >= 15 is 0 Å². The Labute approximate surface area is 176 Å². The second kappa shape index (κ2) is 9.36. The molecule has 0 bridgehead atoms. The van der Waals surface area contributed by atoms with E-state index in [0.29, 0.717) is 42.4 Å². The van der Waals surface area contributed by atoms with Gasteiger partial charge < -0.3 is 19.5 Å². The smallest absolute Gasteiger partial charge is 0.242 e. The van der Waals surface area contributed by atoms with Crippen molar-refractivity contribution in [1.82, 2.24) is 9.62 Å². The van der Waals surface area contributed by atoms with Crippen LogP contribution in [0, 0.1) is 0 Å². The molecule has 3 rings (SSSR count). The predicted octanol–water partition coefficient (Wildman–Crippen LogP) is 1.83. The molecule has 0 spiro atoms. The highest BCUT2D eigenvalue weighted by Gasteiger charge is 2.22. The number of rotatable bonds is 8. The van der Waals surface area contributed by atoms with Crippen LogP contribution in [0.15, 0.2) is 47.4 Å². The number of para-hydroxylation sites is 2. The number of nitrogens with zero attached hydrogens (tertiary/aromatic N) is 1. The van der Waals surface area contributed by atoms with Crippen LogP contribution >= 0.6 is 0 Å². The number of hydrogen-bond acceptors (Lipinski definition) is 6. The number of carbonyl (C=O) groups excluding carboxylic acids is 1. The molecule has 9 heteroatoms. The largest absolute Gasteiger partial charge is 0.496 e. The van der Waals surface area contributed by atoms with Crippen LogP contribution in [0.25, 0.3) is 0 Å². The molecule has 0 fully saturated rings. The summed E-state index contributed by atoms with van der Waals surface area (Å²) >= 11 is 0. The van der Waals surface area contributed by atoms with Crippen molar-refractivity contribution in [3.05, 3.63) is 48.0 Å². The quantitative estimate of drug-likeness (QED) is 0.681. The van der Waals surface area contributed by atoms with Gasteiger partial charge in [-0.05, 0) is 42.3 Å². The number of fused-ring (bicyclic) bond motifs is 1. The molecule has 30 heavy (non-hydrogen) atoms. The first-order valence-corrected chi connectivity index (χ1v) is 11.0. The number of nitrogens with one attached hydrogen (secondary N) is 1. The van der Waals surface area contributed by atoms with Crippen molar-refractivity contribution in [2.75, 3.05) is 34.4 Å². The summed E-state index contributed by atoms with van der Waals surface area (Å²) in [5.74, 6) is 1.73. The Morgan fingerprint density at radius 1 is 1.20 bits per heavy atom. The summed E-state index contributed by atoms with van der Waals surface area (Å²) in [5, 5.41) is 2.84. The van der Waals surface area contributed by atoms with Crippen LogP contribution in [0.1, 0.15) is 12.0 Å². The minimum Gasteiger partial charge on any atom is -0.496 e. The highest BCUT2D eigenvalue weighted by molar-refractivity contribution is 7.89. The van der Waals surface area contributed by atoms with Gasteiger partial charge in [-0.2, -0.15) is 0 Å². The highest BCUT2D eigenvalue weighted by Crippen LogP contribution is 2.30. The molecule has 0 saturated heterocycles. The van der Waals surface area contributed by atoms with E-state index < -0.39 is 10.0 Å². The zero-order valence-corrected chi connectivity index (χ0v) is 18.1. The van der Waals surface area contributed by atoms with Crippen LogP contribution in [-0.2, 0) is 21.2 Å². The maximum atomic E-state index is 12.4. The molecular weight excluding hydrogens is 408 g/mol. The summed E-state index contributed by atoms with van der Waals surface area (Å²) in [4.78, 5) is 12.5. The number of aryl methyl sites for hydroxylation is 1. The molecule has 1 N–H and O–H groups in total. The topological polar surface area (TPSA) is 94.2 Å². The molecule has 0 aliphatic carbocycles. The Kier molecular flexibility index (Phi) is 6.84. The van der Waals surface area contributed by atoms with Crippen molar-refractivity contribution in [3.8, 4) is 17.2 Å². The Bertz CT molecular complexity index is 1010. The normalized spacial score (nSPS) is 15.7. The second-order valence-electron chi connectivity index (χ2n) is 7.06. The van der Waals surface area contributed by atoms with E-state index in [4.69, 9.17) is 14.2 Å². The van der Waals surface area contributed by atoms with Crippen LogP contribution < -0.4 is 19.5 Å². The number of methoxy groups -OCH3 is 1. The fourth-order valence-corrected chi connectivity index (χ4v) is 4.00. The molecule has 0 aromatic heterocycles. The summed E-state index contributed by atoms with van der Waals surface area (Å²) in [5.41, 5.74) is 0.654. The van der Waals surface area contributed by atoms with E-state index in [-0.39, 0.29) is 23.3 Å². The molecule has 1 atom stereocenters. The van der Waals surface area contributed by atoms with E-state index in [2.05, 4.69) is 5.32 Å². The standard InChI is InChI=1S/C21H26N2O6S/c1-23(2)30(25,26)17-9-10-18(27-3)15(12-17)8-11-21(24)22-13-16-14-28-19-6-4-5-7-20(19)29-16/h4-7,9-10,12,16H,8,11,13-14H2,1-3H3,(H,22,24). The van der Waals surface area contributed by atoms with E-state index in [9.17, 15) is 13.2 Å². The van der Waals surface area contributed by atoms with Gasteiger partial charge in [0.2, 0.25) is 15.9 Å². The average Bonchev–Trinajstić information content (AvgIpc) is 2.75. The first kappa shape index (κ1) is 21.9. The first-order valence-electron chi connectivity index (χ1n) is 9.56. The lowest BCUT2D eigenvalue weighted by Crippen LogP contribution is -2.40. The molecular formula is C21H26N2O6S. The number of hydrogen-bond donors (Lipinski definition) is 1. The van der Waals surface area contributed by atoms with Crippen molar-refractivity contribution in [2.45, 2.75) is 23.8 Å². The maximum Gasteiger partial charge on any atom is 0.242 e. The number of ether oxygens (including phenoxy) is 3. The average molecular weight is 435 g/mol. The summed E-state index contributed by atoms with van der Waals surface area (Å²) in [7, 11) is 0.895. The van der Waals surface area contributed by atoms with Gasteiger partial charge >= 0.3 is 0 Å². The van der Waals surface area contributed by atoms with Crippen molar-refractivity contribution >= 4 is 15.9 Å². The van der Waals surface area contributed by atoms with Crippen LogP contribution in [0.2, 0.25) is 0 Å². The third kappa shape index (κ3) is 5.03. The second-order valence-corrected chi connectivity index (χ2v) is 9.21. The summed E-state index contributed by atoms with van der Waals surface area (Å²) in [6.45, 7) is 0.676. The van der Waals surface area contributed by atoms with Gasteiger partial charge in [-0.3, -0.25) is 4.79 Å². The Morgan fingerprint density at radius 3 is 2.63 bits per heavy atom. The van der Waals surface area contributed by atoms with E-state index in [0.717, 1.165) is 4.31 Å². The van der Waals surface area contributed by atoms with Gasteiger partial charge in [-0.1, -0.05) is 12.1 Å². The third-order valence-electron chi connectivity index (χ3n) is 4.75. The maximum absolute atomic E-state index is 12.4. The molecule has 1 amide bonds. The lowest BCUT2D eigenvalue weighted by Gasteiger charge is -2.26. The number of carbonyl (C=O) groups is 1. The molecule has 1 aliphatic heterocycles. The molecule has 1 aliphatic rings. The summed E-state index contributed by atoms with van der Waals surface area (Å²) in [6.07, 6.45) is 0.259. The minimum atomic E-state index is -3.57. The van der Waals surface area contributed by atoms with Gasteiger partial charge in [0.05, 0.1) is 18.6 Å². The van der Waals surface area contributed by atoms with Gasteiger partial charge in [-0.15, -0.1) is 0 Å². The van der Waals surface area contributed by atoms with E-state index in [1.54, 1.807) is 12.1 Å². The highest BCUT2D eigenvalue weighted by atomic mass is 32.2. The molecule has 0 saturated carbocycles. The first-order chi connectivity index (χ1) is 14.3. The molecule has 8 nitrogen and oxygen atoms in total. The lowest BCUT2D eigenvalue weighted by atomic mass is 10.1. The van der Waals surface area contributed by atoms with E-state index in [1.807, 2.05) is 24.3 Å². The monoisotopic (exact) mass is 434 g/mol. The van der Waals surface area contributed by atoms with Crippen LogP contribution in [0.4, 0.5) is 0 Å². The molecule has 2 aromatic carbocycles. The van der Waals surface area contributed by atoms with Gasteiger partial charge in [-0.25, -0.2) is 12.7 Å². The Hall–Kier alpha value is -2.78. The molecule has 2 aromatic rings. The van der Waals surface area contributed by atoms with Gasteiger partial charge in [0.15, 0.2) is 11.5 Å². The van der Waals surface area contributed by atoms with Gasteiger partial charge in [0.25, 0.3) is 0 Å². The fourth-order valence-electron chi connectivity index (χ4n) is 3.05. The predicted molar refractivity (Wildman–Crippen MR) is 112 cm³/mol. The van der Waals surface area contributed by atoms with Crippen molar-refractivity contribution in [1.29, 1.82) is 0 Å². The number of benzene rings is 2. The number of sulfonamides is 1. The summed E-state index contributed by atoms with van der Waals surface area (Å²) in [6, 6.07) is 12.0. The molecule has 0 radical (unpaired) electrons. The lowest BCUT2D eigenvalue weighted by molar-refractivity contribution is -0.121. The van der Waals surface area contributed by atoms with Gasteiger partial charge in [0, 0.05) is 20.5 Å². The Morgan fingerprint density at radius 2 is 1.93 bits per heavy atom. The minimum absolute atomic E-state index is 0.162. The fraction of sp³-hybridized carbons (Fsp3) is 0.381. The summed E-state index contributed by atoms with van der Waals surface area (Å²) < 4.78 is 42.7. The Balaban J connectivity index is 1.57. The van der Waals surface area contributed by atoms with Gasteiger partial charge in [0.1, 0.15) is 18.5 Å². The third-order valence-corrected chi connectivity index (χ3v) is 6.56. The van der Waals surface area contributed by atoms with Crippen LogP contribution in [0.3, 0.4) is 0 Å². The molecule has 1 unspecified atom stereocenters. The molecule has 162 valence electrons. The van der Waals surface area contributed by atoms with Crippen molar-refractivity contribution in [2.24, 2.45) is 0 Å². The van der Waals surface area contributed by atoms with Crippen molar-refractivity contribution < 1.29 is 27.4 Å². The van der Waals surface area contributed by atoms with Crippen molar-refractivity contribution in [3.63, 3.8) is 0 Å². The zero-order chi connectivity index (χ0) is 21.7. The van der Waals surface area contributed by atoms with Crippen LogP contribution in [0.5, 0.6) is 17.2 Å². The number of amides is 1. The zero-order valence-electron chi connectivity index (χ0n) is 17.3. The van der Waals surface area contributed by atoms with Crippen LogP contribution in [-0.4, -0.2) is 59.1 Å².